The predicted molar refractivity (Wildman–Crippen MR) is 89.4 cm³/mol. The van der Waals surface area contributed by atoms with Crippen molar-refractivity contribution in [2.45, 2.75) is 6.42 Å². The minimum absolute atomic E-state index is 0.215. The zero-order chi connectivity index (χ0) is 17.1. The molecule has 0 atom stereocenters. The summed E-state index contributed by atoms with van der Waals surface area (Å²) in [5.41, 5.74) is 0.898. The van der Waals surface area contributed by atoms with Crippen LogP contribution in [0.3, 0.4) is 0 Å². The van der Waals surface area contributed by atoms with Crippen LogP contribution >= 0.6 is 0 Å². The Morgan fingerprint density at radius 3 is 2.50 bits per heavy atom. The second-order valence-corrected chi connectivity index (χ2v) is 5.46. The first-order chi connectivity index (χ1) is 11.6. The van der Waals surface area contributed by atoms with Gasteiger partial charge in [-0.25, -0.2) is 9.07 Å². The molecular weight excluding hydrogens is 309 g/mol. The molecule has 0 aliphatic carbocycles. The second-order valence-electron chi connectivity index (χ2n) is 5.46. The number of benzene rings is 2. The molecule has 1 aromatic heterocycles. The van der Waals surface area contributed by atoms with Crippen LogP contribution in [0.25, 0.3) is 10.8 Å². The van der Waals surface area contributed by atoms with E-state index in [1.807, 2.05) is 0 Å². The second kappa shape index (κ2) is 6.62. The topological polar surface area (TPSA) is 64.0 Å². The number of carbonyl (C=O) groups excluding carboxylic acids is 1. The van der Waals surface area contributed by atoms with E-state index in [0.717, 1.165) is 10.2 Å². The van der Waals surface area contributed by atoms with E-state index < -0.39 is 0 Å². The summed E-state index contributed by atoms with van der Waals surface area (Å²) in [4.78, 5) is 24.5. The molecule has 1 amide bonds. The van der Waals surface area contributed by atoms with Crippen molar-refractivity contribution < 1.29 is 9.18 Å². The third-order valence-corrected chi connectivity index (χ3v) is 3.78. The number of hydrogen-bond acceptors (Lipinski definition) is 3. The monoisotopic (exact) mass is 325 g/mol. The van der Waals surface area contributed by atoms with Crippen molar-refractivity contribution in [1.82, 2.24) is 15.1 Å². The van der Waals surface area contributed by atoms with Gasteiger partial charge in [-0.15, -0.1) is 0 Å². The van der Waals surface area contributed by atoms with Crippen molar-refractivity contribution in [3.63, 3.8) is 0 Å². The highest BCUT2D eigenvalue weighted by atomic mass is 19.1. The summed E-state index contributed by atoms with van der Waals surface area (Å²) in [5.74, 6) is -0.632. The maximum atomic E-state index is 12.9. The van der Waals surface area contributed by atoms with Crippen LogP contribution in [0, 0.1) is 5.82 Å². The van der Waals surface area contributed by atoms with Gasteiger partial charge in [-0.1, -0.05) is 30.3 Å². The normalized spacial score (nSPS) is 10.8. The van der Waals surface area contributed by atoms with Gasteiger partial charge in [0, 0.05) is 19.0 Å². The predicted octanol–water partition coefficient (Wildman–Crippen LogP) is 2.05. The lowest BCUT2D eigenvalue weighted by atomic mass is 10.1. The fourth-order valence-electron chi connectivity index (χ4n) is 2.52. The van der Waals surface area contributed by atoms with Gasteiger partial charge in [-0.05, 0) is 30.2 Å². The Bertz CT molecular complexity index is 949. The number of aryl methyl sites for hydroxylation is 1. The van der Waals surface area contributed by atoms with E-state index in [0.29, 0.717) is 23.7 Å². The van der Waals surface area contributed by atoms with E-state index >= 15 is 0 Å². The van der Waals surface area contributed by atoms with Crippen LogP contribution in [0.2, 0.25) is 0 Å². The molecule has 0 bridgehead atoms. The number of hydrogen-bond donors (Lipinski definition) is 1. The van der Waals surface area contributed by atoms with E-state index in [-0.39, 0.29) is 23.0 Å². The quantitative estimate of drug-likeness (QED) is 0.798. The number of halogens is 1. The Kier molecular flexibility index (Phi) is 4.37. The molecule has 24 heavy (non-hydrogen) atoms. The Morgan fingerprint density at radius 1 is 1.12 bits per heavy atom. The van der Waals surface area contributed by atoms with Crippen molar-refractivity contribution in [2.75, 3.05) is 6.54 Å². The highest BCUT2D eigenvalue weighted by Crippen LogP contribution is 2.12. The van der Waals surface area contributed by atoms with E-state index in [9.17, 15) is 14.0 Å². The van der Waals surface area contributed by atoms with Crippen molar-refractivity contribution in [3.05, 3.63) is 76.0 Å². The number of nitrogens with zero attached hydrogens (tertiary/aromatic N) is 2. The molecule has 1 heterocycles. The fourth-order valence-corrected chi connectivity index (χ4v) is 2.52. The van der Waals surface area contributed by atoms with Crippen molar-refractivity contribution in [3.8, 4) is 0 Å². The Morgan fingerprint density at radius 2 is 1.79 bits per heavy atom. The Labute approximate surface area is 137 Å². The van der Waals surface area contributed by atoms with Gasteiger partial charge in [0.25, 0.3) is 11.5 Å². The molecule has 0 saturated heterocycles. The lowest BCUT2D eigenvalue weighted by Crippen LogP contribution is -2.30. The van der Waals surface area contributed by atoms with Crippen molar-refractivity contribution in [1.29, 1.82) is 0 Å². The third kappa shape index (κ3) is 3.17. The summed E-state index contributed by atoms with van der Waals surface area (Å²) in [6.07, 6.45) is 0.579. The Hall–Kier alpha value is -3.02. The number of aromatic nitrogens is 2. The summed E-state index contributed by atoms with van der Waals surface area (Å²) >= 11 is 0. The van der Waals surface area contributed by atoms with Gasteiger partial charge in [0.15, 0.2) is 5.69 Å². The Balaban J connectivity index is 1.78. The minimum atomic E-state index is -0.344. The van der Waals surface area contributed by atoms with Gasteiger partial charge in [0.1, 0.15) is 5.82 Å². The summed E-state index contributed by atoms with van der Waals surface area (Å²) in [5, 5.41) is 7.86. The molecule has 0 fully saturated rings. The smallest absolute Gasteiger partial charge is 0.274 e. The summed E-state index contributed by atoms with van der Waals surface area (Å²) in [6.45, 7) is 0.392. The molecule has 122 valence electrons. The molecule has 2 aromatic carbocycles. The van der Waals surface area contributed by atoms with E-state index in [4.69, 9.17) is 0 Å². The molecule has 0 spiro atoms. The third-order valence-electron chi connectivity index (χ3n) is 3.78. The van der Waals surface area contributed by atoms with E-state index in [1.165, 1.54) is 19.2 Å². The van der Waals surface area contributed by atoms with Gasteiger partial charge < -0.3 is 5.32 Å². The highest BCUT2D eigenvalue weighted by Gasteiger charge is 2.14. The lowest BCUT2D eigenvalue weighted by molar-refractivity contribution is 0.0949. The zero-order valence-electron chi connectivity index (χ0n) is 13.1. The molecule has 0 saturated carbocycles. The average Bonchev–Trinajstić information content (AvgIpc) is 2.60. The molecule has 5 nitrogen and oxygen atoms in total. The van der Waals surface area contributed by atoms with Gasteiger partial charge in [0.2, 0.25) is 0 Å². The molecule has 3 aromatic rings. The first-order valence-corrected chi connectivity index (χ1v) is 7.55. The first kappa shape index (κ1) is 15.9. The molecule has 1 N–H and O–H groups in total. The van der Waals surface area contributed by atoms with Gasteiger partial charge in [-0.2, -0.15) is 5.10 Å². The summed E-state index contributed by atoms with van der Waals surface area (Å²) < 4.78 is 14.0. The SMILES string of the molecule is Cn1nc(C(=O)NCCc2ccc(F)cc2)c2ccccc2c1=O. The van der Waals surface area contributed by atoms with E-state index in [2.05, 4.69) is 10.4 Å². The summed E-state index contributed by atoms with van der Waals surface area (Å²) in [6, 6.07) is 13.0. The van der Waals surface area contributed by atoms with Crippen LogP contribution in [0.15, 0.2) is 53.3 Å². The minimum Gasteiger partial charge on any atom is -0.350 e. The number of carbonyl (C=O) groups is 1. The molecule has 0 radical (unpaired) electrons. The molecule has 0 aliphatic rings. The van der Waals surface area contributed by atoms with Crippen LogP contribution in [-0.4, -0.2) is 22.2 Å². The zero-order valence-corrected chi connectivity index (χ0v) is 13.1. The van der Waals surface area contributed by atoms with E-state index in [1.54, 1.807) is 36.4 Å². The number of rotatable bonds is 4. The lowest BCUT2D eigenvalue weighted by Gasteiger charge is -2.09. The van der Waals surface area contributed by atoms with Crippen molar-refractivity contribution in [2.24, 2.45) is 7.05 Å². The van der Waals surface area contributed by atoms with Crippen LogP contribution in [0.1, 0.15) is 16.1 Å². The van der Waals surface area contributed by atoms with Gasteiger partial charge in [-0.3, -0.25) is 9.59 Å². The van der Waals surface area contributed by atoms with Gasteiger partial charge in [0.05, 0.1) is 5.39 Å². The molecule has 6 heteroatoms. The van der Waals surface area contributed by atoms with Gasteiger partial charge >= 0.3 is 0 Å². The average molecular weight is 325 g/mol. The van der Waals surface area contributed by atoms with Crippen LogP contribution in [0.4, 0.5) is 4.39 Å². The number of amides is 1. The number of nitrogens with one attached hydrogen (secondary N) is 1. The van der Waals surface area contributed by atoms with Crippen LogP contribution < -0.4 is 10.9 Å². The highest BCUT2D eigenvalue weighted by molar-refractivity contribution is 6.04. The first-order valence-electron chi connectivity index (χ1n) is 7.55. The largest absolute Gasteiger partial charge is 0.350 e. The fraction of sp³-hybridized carbons (Fsp3) is 0.167. The standard InChI is InChI=1S/C18H16FN3O2/c1-22-18(24)15-5-3-2-4-14(15)16(21-22)17(23)20-11-10-12-6-8-13(19)9-7-12/h2-9H,10-11H2,1H3,(H,20,23). The van der Waals surface area contributed by atoms with Crippen LogP contribution in [0.5, 0.6) is 0 Å². The maximum absolute atomic E-state index is 12.9. The molecule has 0 unspecified atom stereocenters. The molecular formula is C18H16FN3O2. The van der Waals surface area contributed by atoms with Crippen LogP contribution in [-0.2, 0) is 13.5 Å². The molecule has 0 aliphatic heterocycles. The number of fused-ring (bicyclic) bond motifs is 1. The maximum Gasteiger partial charge on any atom is 0.274 e. The molecule has 3 rings (SSSR count). The summed E-state index contributed by atoms with van der Waals surface area (Å²) in [7, 11) is 1.52. The van der Waals surface area contributed by atoms with Crippen molar-refractivity contribution >= 4 is 16.7 Å².